The van der Waals surface area contributed by atoms with E-state index in [-0.39, 0.29) is 6.61 Å². The molecule has 0 spiro atoms. The van der Waals surface area contributed by atoms with E-state index in [4.69, 9.17) is 27.2 Å². The van der Waals surface area contributed by atoms with Gasteiger partial charge in [0.1, 0.15) is 48.8 Å². The maximum absolute atomic E-state index is 10.7. The molecule has 39 heavy (non-hydrogen) atoms. The lowest BCUT2D eigenvalue weighted by molar-refractivity contribution is -0.359. The van der Waals surface area contributed by atoms with E-state index in [1.165, 1.54) is 0 Å². The van der Waals surface area contributed by atoms with Crippen molar-refractivity contribution in [1.82, 2.24) is 0 Å². The van der Waals surface area contributed by atoms with Gasteiger partial charge in [0.15, 0.2) is 29.2 Å². The average molecular weight is 619 g/mol. The molecule has 2 rings (SSSR count). The second kappa shape index (κ2) is 14.5. The molecule has 2 fully saturated rings. The first kappa shape index (κ1) is 35.3. The third-order valence-electron chi connectivity index (χ3n) is 6.31. The Balaban J connectivity index is 1.92. The van der Waals surface area contributed by atoms with Crippen LogP contribution < -0.4 is 0 Å². The highest BCUT2D eigenvalue weighted by molar-refractivity contribution is 6.87. The van der Waals surface area contributed by atoms with Crippen molar-refractivity contribution in [3.05, 3.63) is 0 Å². The van der Waals surface area contributed by atoms with Gasteiger partial charge in [-0.1, -0.05) is 0 Å². The Hall–Kier alpha value is 0.131. The lowest BCUT2D eigenvalue weighted by atomic mass is 9.97. The fraction of sp³-hybridized carbons (Fsp3) is 1.00. The number of aliphatic hydroxyl groups excluding tert-OH is 7. The van der Waals surface area contributed by atoms with Crippen LogP contribution in [0.3, 0.4) is 0 Å². The molecule has 0 radical (unpaired) electrons. The molecule has 2 heterocycles. The van der Waals surface area contributed by atoms with Crippen molar-refractivity contribution in [3.8, 4) is 0 Å². The van der Waals surface area contributed by atoms with Gasteiger partial charge in [-0.2, -0.15) is 0 Å². The van der Waals surface area contributed by atoms with E-state index >= 15 is 0 Å². The van der Waals surface area contributed by atoms with E-state index in [2.05, 4.69) is 45.8 Å². The van der Waals surface area contributed by atoms with Gasteiger partial charge in [0.25, 0.3) is 0 Å². The predicted octanol–water partition coefficient (Wildman–Crippen LogP) is -0.818. The smallest absolute Gasteiger partial charge is 0.314 e. The highest BCUT2D eigenvalue weighted by Gasteiger charge is 2.50. The number of rotatable bonds is 14. The summed E-state index contributed by atoms with van der Waals surface area (Å²) in [7, 11) is -6.01. The summed E-state index contributed by atoms with van der Waals surface area (Å²) in [4.78, 5) is 0. The quantitative estimate of drug-likeness (QED) is 0.0943. The minimum atomic E-state index is -2.39. The molecule has 0 aromatic heterocycles. The van der Waals surface area contributed by atoms with Crippen LogP contribution in [0.15, 0.2) is 0 Å². The van der Waals surface area contributed by atoms with Crippen LogP contribution in [-0.4, -0.2) is 142 Å². The van der Waals surface area contributed by atoms with Crippen LogP contribution in [0.2, 0.25) is 51.9 Å². The minimum absolute atomic E-state index is 0.217. The summed E-state index contributed by atoms with van der Waals surface area (Å²) in [5, 5.41) is 70.8. The zero-order valence-corrected chi connectivity index (χ0v) is 27.1. The van der Waals surface area contributed by atoms with Crippen LogP contribution in [0.1, 0.15) is 12.8 Å². The molecule has 0 amide bonds. The minimum Gasteiger partial charge on any atom is -0.437 e. The van der Waals surface area contributed by atoms with Crippen LogP contribution in [0.5, 0.6) is 0 Å². The Morgan fingerprint density at radius 1 is 0.615 bits per heavy atom. The van der Waals surface area contributed by atoms with Crippen LogP contribution in [-0.2, 0) is 27.2 Å². The Morgan fingerprint density at radius 3 is 1.64 bits per heavy atom. The summed E-state index contributed by atoms with van der Waals surface area (Å²) in [6.07, 6.45) is -13.3. The zero-order valence-electron chi connectivity index (χ0n) is 24.1. The van der Waals surface area contributed by atoms with Gasteiger partial charge in [-0.05, 0) is 64.7 Å². The largest absolute Gasteiger partial charge is 0.437 e. The van der Waals surface area contributed by atoms with Crippen LogP contribution >= 0.6 is 0 Å². The van der Waals surface area contributed by atoms with E-state index in [0.717, 1.165) is 12.5 Å². The molecule has 10 unspecified atom stereocenters. The van der Waals surface area contributed by atoms with Gasteiger partial charge in [-0.15, -0.1) is 0 Å². The van der Waals surface area contributed by atoms with Gasteiger partial charge >= 0.3 is 8.56 Å². The summed E-state index contributed by atoms with van der Waals surface area (Å²) in [6.45, 7) is 13.9. The van der Waals surface area contributed by atoms with Crippen molar-refractivity contribution < 1.29 is 62.9 Å². The Labute approximate surface area is 234 Å². The molecule has 0 aromatic rings. The fourth-order valence-corrected chi connectivity index (χ4v) is 17.5. The number of hydrogen-bond donors (Lipinski definition) is 7. The third-order valence-corrected chi connectivity index (χ3v) is 15.9. The van der Waals surface area contributed by atoms with Crippen LogP contribution in [0, 0.1) is 0 Å². The highest BCUT2D eigenvalue weighted by Crippen LogP contribution is 2.30. The summed E-state index contributed by atoms with van der Waals surface area (Å²) < 4.78 is 35.2. The second-order valence-corrected chi connectivity index (χ2v) is 25.2. The molecular weight excluding hydrogens is 568 g/mol. The molecule has 2 saturated heterocycles. The van der Waals surface area contributed by atoms with Crippen molar-refractivity contribution in [1.29, 1.82) is 0 Å². The number of unbranched alkanes of at least 4 members (excludes halogenated alkanes) is 1. The molecule has 232 valence electrons. The highest BCUT2D eigenvalue weighted by atomic mass is 28.5. The molecule has 16 heteroatoms. The van der Waals surface area contributed by atoms with Gasteiger partial charge in [-0.3, -0.25) is 0 Å². The number of hydrogen-bond acceptors (Lipinski definition) is 13. The maximum atomic E-state index is 10.7. The van der Waals surface area contributed by atoms with Crippen molar-refractivity contribution in [3.63, 3.8) is 0 Å². The summed E-state index contributed by atoms with van der Waals surface area (Å²) >= 11 is 0. The standard InChI is InChI=1S/C23H50O13Si3/c1-37(2,3)35-39(7,36-38(4,5)6)11-9-8-10-31-22-20(30)18(28)21(15(13-25)33-22)34-23-19(29)17(27)16(26)14(12-24)32-23/h14-30H,8-13H2,1-7H3. The van der Waals surface area contributed by atoms with Crippen molar-refractivity contribution >= 4 is 25.2 Å². The van der Waals surface area contributed by atoms with E-state index in [9.17, 15) is 35.7 Å². The second-order valence-electron chi connectivity index (χ2n) is 12.4. The first-order chi connectivity index (χ1) is 17.9. The normalized spacial score (nSPS) is 36.8. The Morgan fingerprint density at radius 2 is 1.13 bits per heavy atom. The first-order valence-electron chi connectivity index (χ1n) is 13.5. The van der Waals surface area contributed by atoms with Gasteiger partial charge in [-0.25, -0.2) is 0 Å². The van der Waals surface area contributed by atoms with Crippen molar-refractivity contribution in [2.24, 2.45) is 0 Å². The molecule has 7 N–H and O–H groups in total. The number of ether oxygens (including phenoxy) is 4. The third kappa shape index (κ3) is 10.4. The molecule has 13 nitrogen and oxygen atoms in total. The summed E-state index contributed by atoms with van der Waals surface area (Å²) in [5.41, 5.74) is 0. The molecule has 0 saturated carbocycles. The monoisotopic (exact) mass is 618 g/mol. The molecular formula is C23H50O13Si3. The van der Waals surface area contributed by atoms with Crippen molar-refractivity contribution in [2.75, 3.05) is 19.8 Å². The van der Waals surface area contributed by atoms with E-state index in [1.54, 1.807) is 0 Å². The molecule has 2 aliphatic heterocycles. The summed E-state index contributed by atoms with van der Waals surface area (Å²) in [6, 6.07) is 0.788. The van der Waals surface area contributed by atoms with Crippen LogP contribution in [0.4, 0.5) is 0 Å². The van der Waals surface area contributed by atoms with Gasteiger partial charge < -0.3 is 62.9 Å². The molecule has 0 aromatic carbocycles. The lowest BCUT2D eigenvalue weighted by Crippen LogP contribution is -2.64. The fourth-order valence-electron chi connectivity index (χ4n) is 4.86. The van der Waals surface area contributed by atoms with Crippen LogP contribution in [0.25, 0.3) is 0 Å². The topological polar surface area (TPSA) is 197 Å². The van der Waals surface area contributed by atoms with E-state index in [1.807, 2.05) is 0 Å². The lowest BCUT2D eigenvalue weighted by Gasteiger charge is -2.45. The maximum Gasteiger partial charge on any atom is 0.314 e. The van der Waals surface area contributed by atoms with E-state index < -0.39 is 99.8 Å². The van der Waals surface area contributed by atoms with Gasteiger partial charge in [0.2, 0.25) is 0 Å². The molecule has 0 bridgehead atoms. The van der Waals surface area contributed by atoms with Gasteiger partial charge in [0.05, 0.1) is 13.2 Å². The van der Waals surface area contributed by atoms with Gasteiger partial charge in [0, 0.05) is 6.61 Å². The Bertz CT molecular complexity index is 717. The molecule has 2 aliphatic rings. The SMILES string of the molecule is C[Si](C)(C)O[Si](C)(CCCCOC1OC(CO)C(OC2OC(CO)C(O)C(O)C2O)C(O)C1O)O[Si](C)(C)C. The average Bonchev–Trinajstić information content (AvgIpc) is 2.80. The predicted molar refractivity (Wildman–Crippen MR) is 147 cm³/mol. The van der Waals surface area contributed by atoms with E-state index in [0.29, 0.717) is 6.42 Å². The molecule has 10 atom stereocenters. The number of aliphatic hydroxyl groups is 7. The molecule has 0 aliphatic carbocycles. The Kier molecular flexibility index (Phi) is 13.2. The first-order valence-corrected chi connectivity index (χ1v) is 22.9. The summed E-state index contributed by atoms with van der Waals surface area (Å²) in [5.74, 6) is 0. The van der Waals surface area contributed by atoms with Crippen molar-refractivity contribution in [2.45, 2.75) is 126 Å². The zero-order chi connectivity index (χ0) is 29.8.